The summed E-state index contributed by atoms with van der Waals surface area (Å²) in [6, 6.07) is 10.2. The lowest BCUT2D eigenvalue weighted by molar-refractivity contribution is -0.152. The third-order valence-electron chi connectivity index (χ3n) is 4.37. The van der Waals surface area contributed by atoms with Crippen LogP contribution in [0.4, 0.5) is 0 Å². The number of hydrogen-bond donors (Lipinski definition) is 2. The Balaban J connectivity index is 1.76. The minimum Gasteiger partial charge on any atom is -0.480 e. The number of aryl methyl sites for hydroxylation is 1. The van der Waals surface area contributed by atoms with Gasteiger partial charge < -0.3 is 10.4 Å². The Labute approximate surface area is 125 Å². The predicted molar refractivity (Wildman–Crippen MR) is 80.9 cm³/mol. The second-order valence-corrected chi connectivity index (χ2v) is 6.01. The molecule has 1 aromatic carbocycles. The first-order chi connectivity index (χ1) is 10.0. The van der Waals surface area contributed by atoms with Gasteiger partial charge in [0.15, 0.2) is 0 Å². The normalized spacial score (nSPS) is 17.6. The molecule has 0 radical (unpaired) electrons. The number of hydrogen-bond acceptors (Lipinski definition) is 2. The van der Waals surface area contributed by atoms with Gasteiger partial charge in [-0.25, -0.2) is 4.79 Å². The van der Waals surface area contributed by atoms with Gasteiger partial charge in [-0.1, -0.05) is 37.3 Å². The molecule has 1 amide bonds. The van der Waals surface area contributed by atoms with Crippen LogP contribution in [-0.2, 0) is 16.0 Å². The molecular formula is C17H23NO3. The number of rotatable bonds is 7. The van der Waals surface area contributed by atoms with E-state index in [1.54, 1.807) is 0 Å². The lowest BCUT2D eigenvalue weighted by atomic mass is 9.76. The molecule has 4 heteroatoms. The van der Waals surface area contributed by atoms with Crippen molar-refractivity contribution in [2.24, 2.45) is 5.92 Å². The van der Waals surface area contributed by atoms with E-state index in [1.165, 1.54) is 5.56 Å². The highest BCUT2D eigenvalue weighted by Crippen LogP contribution is 2.32. The fourth-order valence-electron chi connectivity index (χ4n) is 2.67. The molecule has 0 aromatic heterocycles. The largest absolute Gasteiger partial charge is 0.480 e. The van der Waals surface area contributed by atoms with Crippen molar-refractivity contribution in [3.63, 3.8) is 0 Å². The third kappa shape index (κ3) is 3.84. The Hall–Kier alpha value is -1.84. The van der Waals surface area contributed by atoms with Gasteiger partial charge in [0.2, 0.25) is 5.91 Å². The molecule has 0 aliphatic heterocycles. The average molecular weight is 289 g/mol. The first-order valence-electron chi connectivity index (χ1n) is 7.63. The molecule has 0 spiro atoms. The first-order valence-corrected chi connectivity index (χ1v) is 7.63. The molecule has 1 atom stereocenters. The summed E-state index contributed by atoms with van der Waals surface area (Å²) in [5.41, 5.74) is 0.274. The molecule has 114 valence electrons. The van der Waals surface area contributed by atoms with E-state index < -0.39 is 11.5 Å². The van der Waals surface area contributed by atoms with Crippen LogP contribution in [0.15, 0.2) is 30.3 Å². The van der Waals surface area contributed by atoms with Gasteiger partial charge in [-0.15, -0.1) is 0 Å². The van der Waals surface area contributed by atoms with E-state index in [-0.39, 0.29) is 11.8 Å². The van der Waals surface area contributed by atoms with Crippen molar-refractivity contribution in [3.05, 3.63) is 35.9 Å². The molecule has 1 saturated carbocycles. The molecule has 1 unspecified atom stereocenters. The molecule has 2 N–H and O–H groups in total. The second-order valence-electron chi connectivity index (χ2n) is 6.01. The van der Waals surface area contributed by atoms with Gasteiger partial charge in [0.1, 0.15) is 5.54 Å². The standard InChI is InChI=1S/C17H23NO3/c1-13(7-5-10-14-8-3-2-4-9-14)15(19)18-17(16(20)21)11-6-12-17/h2-4,8-9,13H,5-7,10-12H2,1H3,(H,18,19)(H,20,21). The topological polar surface area (TPSA) is 66.4 Å². The third-order valence-corrected chi connectivity index (χ3v) is 4.37. The molecule has 1 aromatic rings. The predicted octanol–water partition coefficient (Wildman–Crippen LogP) is 2.77. The number of carboxylic acid groups (broad SMARTS) is 1. The van der Waals surface area contributed by atoms with E-state index >= 15 is 0 Å². The van der Waals surface area contributed by atoms with Crippen molar-refractivity contribution in [1.29, 1.82) is 0 Å². The van der Waals surface area contributed by atoms with Crippen LogP contribution in [0.25, 0.3) is 0 Å². The molecule has 0 heterocycles. The molecule has 21 heavy (non-hydrogen) atoms. The van der Waals surface area contributed by atoms with Gasteiger partial charge in [0.05, 0.1) is 0 Å². The minimum absolute atomic E-state index is 0.134. The molecule has 4 nitrogen and oxygen atoms in total. The molecule has 1 aliphatic rings. The number of carbonyl (C=O) groups is 2. The Morgan fingerprint density at radius 3 is 2.48 bits per heavy atom. The minimum atomic E-state index is -0.995. The highest BCUT2D eigenvalue weighted by molar-refractivity contribution is 5.88. The van der Waals surface area contributed by atoms with E-state index in [1.807, 2.05) is 25.1 Å². The second kappa shape index (κ2) is 6.74. The van der Waals surface area contributed by atoms with Gasteiger partial charge >= 0.3 is 5.97 Å². The summed E-state index contributed by atoms with van der Waals surface area (Å²) in [6.07, 6.45) is 4.61. The van der Waals surface area contributed by atoms with Gasteiger partial charge in [-0.3, -0.25) is 4.79 Å². The van der Waals surface area contributed by atoms with Crippen molar-refractivity contribution in [2.45, 2.75) is 51.0 Å². The number of nitrogens with one attached hydrogen (secondary N) is 1. The zero-order chi connectivity index (χ0) is 15.3. The van der Waals surface area contributed by atoms with Crippen LogP contribution < -0.4 is 5.32 Å². The fraction of sp³-hybridized carbons (Fsp3) is 0.529. The van der Waals surface area contributed by atoms with Crippen LogP contribution in [-0.4, -0.2) is 22.5 Å². The highest BCUT2D eigenvalue weighted by atomic mass is 16.4. The summed E-state index contributed by atoms with van der Waals surface area (Å²) in [6.45, 7) is 1.87. The Morgan fingerprint density at radius 1 is 1.29 bits per heavy atom. The van der Waals surface area contributed by atoms with Gasteiger partial charge in [-0.2, -0.15) is 0 Å². The van der Waals surface area contributed by atoms with Crippen LogP contribution >= 0.6 is 0 Å². The van der Waals surface area contributed by atoms with Gasteiger partial charge in [0, 0.05) is 5.92 Å². The molecule has 0 bridgehead atoms. The quantitative estimate of drug-likeness (QED) is 0.811. The Kier molecular flexibility index (Phi) is 4.99. The number of benzene rings is 1. The smallest absolute Gasteiger partial charge is 0.329 e. The molecule has 0 saturated heterocycles. The number of amides is 1. The van der Waals surface area contributed by atoms with Crippen molar-refractivity contribution in [3.8, 4) is 0 Å². The fourth-order valence-corrected chi connectivity index (χ4v) is 2.67. The SMILES string of the molecule is CC(CCCc1ccccc1)C(=O)NC1(C(=O)O)CCC1. The maximum Gasteiger partial charge on any atom is 0.329 e. The Bertz CT molecular complexity index is 494. The highest BCUT2D eigenvalue weighted by Gasteiger charge is 2.46. The van der Waals surface area contributed by atoms with Crippen LogP contribution in [0.5, 0.6) is 0 Å². The van der Waals surface area contributed by atoms with Crippen LogP contribution in [0.3, 0.4) is 0 Å². The molecule has 1 aliphatic carbocycles. The van der Waals surface area contributed by atoms with Crippen molar-refractivity contribution in [2.75, 3.05) is 0 Å². The lowest BCUT2D eigenvalue weighted by Crippen LogP contribution is -2.60. The number of carboxylic acids is 1. The molecule has 2 rings (SSSR count). The van der Waals surface area contributed by atoms with Gasteiger partial charge in [0.25, 0.3) is 0 Å². The summed E-state index contributed by atoms with van der Waals surface area (Å²) in [4.78, 5) is 23.4. The maximum absolute atomic E-state index is 12.1. The lowest BCUT2D eigenvalue weighted by Gasteiger charge is -2.38. The van der Waals surface area contributed by atoms with Gasteiger partial charge in [-0.05, 0) is 44.1 Å². The monoisotopic (exact) mass is 289 g/mol. The summed E-state index contributed by atoms with van der Waals surface area (Å²) >= 11 is 0. The van der Waals surface area contributed by atoms with E-state index in [4.69, 9.17) is 0 Å². The maximum atomic E-state index is 12.1. The van der Waals surface area contributed by atoms with Crippen molar-refractivity contribution < 1.29 is 14.7 Å². The Morgan fingerprint density at radius 2 is 1.95 bits per heavy atom. The van der Waals surface area contributed by atoms with E-state index in [0.717, 1.165) is 25.7 Å². The summed E-state index contributed by atoms with van der Waals surface area (Å²) < 4.78 is 0. The van der Waals surface area contributed by atoms with E-state index in [9.17, 15) is 14.7 Å². The van der Waals surface area contributed by atoms with Crippen LogP contribution in [0.2, 0.25) is 0 Å². The summed E-state index contributed by atoms with van der Waals surface area (Å²) in [7, 11) is 0. The van der Waals surface area contributed by atoms with Crippen LogP contribution in [0, 0.1) is 5.92 Å². The zero-order valence-corrected chi connectivity index (χ0v) is 12.5. The van der Waals surface area contributed by atoms with Crippen molar-refractivity contribution >= 4 is 11.9 Å². The number of aliphatic carboxylic acids is 1. The zero-order valence-electron chi connectivity index (χ0n) is 12.5. The first kappa shape index (κ1) is 15.5. The van der Waals surface area contributed by atoms with E-state index in [2.05, 4.69) is 17.4 Å². The summed E-state index contributed by atoms with van der Waals surface area (Å²) in [5, 5.41) is 12.0. The molecule has 1 fully saturated rings. The molecular weight excluding hydrogens is 266 g/mol. The van der Waals surface area contributed by atoms with Crippen LogP contribution in [0.1, 0.15) is 44.6 Å². The number of carbonyl (C=O) groups excluding carboxylic acids is 1. The van der Waals surface area contributed by atoms with Crippen molar-refractivity contribution in [1.82, 2.24) is 5.32 Å². The average Bonchev–Trinajstić information content (AvgIpc) is 2.43. The summed E-state index contributed by atoms with van der Waals surface area (Å²) in [5.74, 6) is -1.19. The van der Waals surface area contributed by atoms with E-state index in [0.29, 0.717) is 12.8 Å².